The molecule has 192 valence electrons. The Balaban J connectivity index is 1.69. The lowest BCUT2D eigenvalue weighted by Gasteiger charge is -2.40. The van der Waals surface area contributed by atoms with E-state index >= 15 is 0 Å². The number of cyclic esters (lactones) is 1. The van der Waals surface area contributed by atoms with Crippen LogP contribution in [0, 0.1) is 11.8 Å². The normalized spacial score (nSPS) is 35.0. The number of fused-ring (bicyclic) bond motifs is 2. The van der Waals surface area contributed by atoms with Crippen LogP contribution < -0.4 is 0 Å². The minimum atomic E-state index is -0.947. The van der Waals surface area contributed by atoms with Crippen LogP contribution in [0.5, 0.6) is 0 Å². The van der Waals surface area contributed by atoms with Gasteiger partial charge in [0.15, 0.2) is 0 Å². The van der Waals surface area contributed by atoms with Crippen LogP contribution in [0.25, 0.3) is 0 Å². The van der Waals surface area contributed by atoms with Gasteiger partial charge in [-0.15, -0.1) is 11.8 Å². The summed E-state index contributed by atoms with van der Waals surface area (Å²) in [5.74, 6) is -2.32. The van der Waals surface area contributed by atoms with Crippen LogP contribution >= 0.6 is 11.8 Å². The Morgan fingerprint density at radius 3 is 2.56 bits per heavy atom. The molecule has 1 spiro atoms. The molecule has 36 heavy (non-hydrogen) atoms. The zero-order valence-electron chi connectivity index (χ0n) is 21.0. The van der Waals surface area contributed by atoms with Gasteiger partial charge in [-0.2, -0.15) is 0 Å². The quantitative estimate of drug-likeness (QED) is 0.468. The van der Waals surface area contributed by atoms with Crippen molar-refractivity contribution < 1.29 is 24.2 Å². The summed E-state index contributed by atoms with van der Waals surface area (Å²) >= 11 is 1.52. The van der Waals surface area contributed by atoms with E-state index in [4.69, 9.17) is 4.74 Å². The molecule has 2 saturated heterocycles. The number of aliphatic hydroxyl groups excluding tert-OH is 1. The number of carbonyl (C=O) groups excluding carboxylic acids is 3. The first kappa shape index (κ1) is 25.1. The van der Waals surface area contributed by atoms with Crippen LogP contribution in [0.4, 0.5) is 0 Å². The average molecular weight is 511 g/mol. The van der Waals surface area contributed by atoms with Gasteiger partial charge in [0, 0.05) is 17.3 Å². The molecular formula is C28H34N2O5S. The molecule has 1 aromatic carbocycles. The number of aliphatic hydroxyl groups is 1. The Morgan fingerprint density at radius 1 is 1.11 bits per heavy atom. The third-order valence-corrected chi connectivity index (χ3v) is 10.0. The second-order valence-electron chi connectivity index (χ2n) is 10.4. The molecule has 4 aliphatic heterocycles. The van der Waals surface area contributed by atoms with Crippen molar-refractivity contribution in [2.75, 3.05) is 19.8 Å². The topological polar surface area (TPSA) is 87.2 Å². The van der Waals surface area contributed by atoms with Crippen LogP contribution in [0.2, 0.25) is 0 Å². The highest BCUT2D eigenvalue weighted by Crippen LogP contribution is 2.66. The first-order chi connectivity index (χ1) is 17.3. The summed E-state index contributed by atoms with van der Waals surface area (Å²) < 4.78 is 3.86. The number of rotatable bonds is 6. The highest BCUT2D eigenvalue weighted by molar-refractivity contribution is 8.02. The lowest BCUT2D eigenvalue weighted by Crippen LogP contribution is -2.56. The molecule has 7 nitrogen and oxygen atoms in total. The summed E-state index contributed by atoms with van der Waals surface area (Å²) in [5, 5.41) is 10.6. The highest BCUT2D eigenvalue weighted by Gasteiger charge is 2.74. The molecule has 0 aliphatic carbocycles. The van der Waals surface area contributed by atoms with E-state index < -0.39 is 39.4 Å². The number of hydrogen-bond acceptors (Lipinski definition) is 6. The minimum Gasteiger partial charge on any atom is -0.461 e. The van der Waals surface area contributed by atoms with Crippen LogP contribution in [0.3, 0.4) is 0 Å². The number of hydrogen-bond donors (Lipinski definition) is 1. The van der Waals surface area contributed by atoms with E-state index in [1.54, 1.807) is 4.90 Å². The fourth-order valence-electron chi connectivity index (χ4n) is 6.65. The fraction of sp³-hybridized carbons (Fsp3) is 0.536. The number of carbonyl (C=O) groups is 3. The van der Waals surface area contributed by atoms with Crippen molar-refractivity contribution in [3.8, 4) is 0 Å². The maximum absolute atomic E-state index is 14.4. The van der Waals surface area contributed by atoms with E-state index in [0.29, 0.717) is 6.54 Å². The van der Waals surface area contributed by atoms with Crippen molar-refractivity contribution in [2.45, 2.75) is 61.2 Å². The predicted octanol–water partition coefficient (Wildman–Crippen LogP) is 3.11. The maximum Gasteiger partial charge on any atom is 0.311 e. The maximum atomic E-state index is 14.4. The van der Waals surface area contributed by atoms with Gasteiger partial charge in [0.05, 0.1) is 29.2 Å². The fourth-order valence-corrected chi connectivity index (χ4v) is 8.79. The van der Waals surface area contributed by atoms with Gasteiger partial charge in [0.25, 0.3) is 0 Å². The number of likely N-dealkylation sites (tertiary alicyclic amines) is 1. The van der Waals surface area contributed by atoms with Crippen molar-refractivity contribution in [1.82, 2.24) is 9.80 Å². The molecule has 0 radical (unpaired) electrons. The van der Waals surface area contributed by atoms with E-state index in [0.717, 1.165) is 18.4 Å². The molecule has 1 aromatic rings. The number of nitrogens with zero attached hydrogens (tertiary/aromatic N) is 2. The Hall–Kier alpha value is -2.58. The van der Waals surface area contributed by atoms with Crippen LogP contribution in [-0.4, -0.2) is 74.0 Å². The average Bonchev–Trinajstić information content (AvgIpc) is 3.11. The number of benzene rings is 1. The first-order valence-electron chi connectivity index (χ1n) is 12.8. The molecule has 0 saturated carbocycles. The van der Waals surface area contributed by atoms with Crippen molar-refractivity contribution in [1.29, 1.82) is 0 Å². The van der Waals surface area contributed by atoms with E-state index in [-0.39, 0.29) is 31.1 Å². The lowest BCUT2D eigenvalue weighted by atomic mass is 9.75. The zero-order chi connectivity index (χ0) is 25.7. The molecule has 2 amide bonds. The molecule has 7 atom stereocenters. The standard InChI is InChI=1S/C28H34N2O5S/c1-4-10-18(2)29-15-8-14-28-21(22-26(34)35-16-9-13-27(22,3)36-28)24(32)30(23(28)25(29)33)20(17-31)19-11-6-5-7-12-19/h5-9,11-14,18,20-23,31H,4,10,15-17H2,1-3H3/t18?,20-,21+,22-,23?,27+,28+/m1/s1. The van der Waals surface area contributed by atoms with Crippen LogP contribution in [0.1, 0.15) is 45.2 Å². The SMILES string of the molecule is CCCC(C)N1CC=C[C@]23S[C@@]4(C)C=CCOC(=O)[C@H]4[C@H]2C(=O)N([C@H](CO)c2ccccc2)C3C1=O. The lowest BCUT2D eigenvalue weighted by molar-refractivity contribution is -0.153. The van der Waals surface area contributed by atoms with E-state index in [2.05, 4.69) is 6.92 Å². The first-order valence-corrected chi connectivity index (χ1v) is 13.6. The van der Waals surface area contributed by atoms with Gasteiger partial charge in [-0.1, -0.05) is 61.9 Å². The monoisotopic (exact) mass is 510 g/mol. The number of ether oxygens (including phenoxy) is 1. The summed E-state index contributed by atoms with van der Waals surface area (Å²) in [5.41, 5.74) is 0.758. The molecule has 4 heterocycles. The number of amides is 2. The Morgan fingerprint density at radius 2 is 1.86 bits per heavy atom. The zero-order valence-corrected chi connectivity index (χ0v) is 21.8. The van der Waals surface area contributed by atoms with Gasteiger partial charge in [-0.25, -0.2) is 0 Å². The molecule has 1 N–H and O–H groups in total. The summed E-state index contributed by atoms with van der Waals surface area (Å²) in [4.78, 5) is 45.5. The van der Waals surface area contributed by atoms with Gasteiger partial charge in [0.1, 0.15) is 12.6 Å². The molecule has 0 aromatic heterocycles. The largest absolute Gasteiger partial charge is 0.461 e. The number of thioether (sulfide) groups is 1. The molecule has 5 rings (SSSR count). The van der Waals surface area contributed by atoms with E-state index in [1.165, 1.54) is 11.8 Å². The Bertz CT molecular complexity index is 1110. The molecule has 2 fully saturated rings. The second-order valence-corrected chi connectivity index (χ2v) is 12.2. The highest BCUT2D eigenvalue weighted by atomic mass is 32.2. The predicted molar refractivity (Wildman–Crippen MR) is 138 cm³/mol. The van der Waals surface area contributed by atoms with Gasteiger partial charge in [-0.05, 0) is 31.9 Å². The summed E-state index contributed by atoms with van der Waals surface area (Å²) in [6, 6.07) is 7.78. The van der Waals surface area contributed by atoms with Crippen molar-refractivity contribution in [2.24, 2.45) is 11.8 Å². The van der Waals surface area contributed by atoms with Gasteiger partial charge < -0.3 is 19.6 Å². The third-order valence-electron chi connectivity index (χ3n) is 8.21. The van der Waals surface area contributed by atoms with Crippen molar-refractivity contribution >= 4 is 29.5 Å². The Labute approximate surface area is 216 Å². The summed E-state index contributed by atoms with van der Waals surface area (Å²) in [7, 11) is 0. The smallest absolute Gasteiger partial charge is 0.311 e. The van der Waals surface area contributed by atoms with Crippen LogP contribution in [-0.2, 0) is 19.1 Å². The Kier molecular flexibility index (Phi) is 6.53. The van der Waals surface area contributed by atoms with Crippen LogP contribution in [0.15, 0.2) is 54.6 Å². The van der Waals surface area contributed by atoms with Gasteiger partial charge in [-0.3, -0.25) is 14.4 Å². The summed E-state index contributed by atoms with van der Waals surface area (Å²) in [6.45, 7) is 6.40. The van der Waals surface area contributed by atoms with Gasteiger partial charge >= 0.3 is 5.97 Å². The van der Waals surface area contributed by atoms with Gasteiger partial charge in [0.2, 0.25) is 11.8 Å². The summed E-state index contributed by atoms with van der Waals surface area (Å²) in [6.07, 6.45) is 9.57. The second kappa shape index (κ2) is 9.38. The molecule has 8 heteroatoms. The third kappa shape index (κ3) is 3.64. The molecule has 2 unspecified atom stereocenters. The molecule has 0 bridgehead atoms. The molecule has 4 aliphatic rings. The number of esters is 1. The van der Waals surface area contributed by atoms with E-state index in [9.17, 15) is 19.5 Å². The van der Waals surface area contributed by atoms with E-state index in [1.807, 2.05) is 73.4 Å². The van der Waals surface area contributed by atoms with Crippen molar-refractivity contribution in [3.05, 3.63) is 60.2 Å². The van der Waals surface area contributed by atoms with Crippen molar-refractivity contribution in [3.63, 3.8) is 0 Å². The molecular weight excluding hydrogens is 476 g/mol. The minimum absolute atomic E-state index is 0.0000627.